The third-order valence-electron chi connectivity index (χ3n) is 2.16. The van der Waals surface area contributed by atoms with Crippen molar-refractivity contribution in [1.82, 2.24) is 0 Å². The number of hydrogen-bond acceptors (Lipinski definition) is 3. The molecule has 0 saturated heterocycles. The molecule has 17 heavy (non-hydrogen) atoms. The Morgan fingerprint density at radius 1 is 1.35 bits per heavy atom. The van der Waals surface area contributed by atoms with Gasteiger partial charge in [-0.1, -0.05) is 0 Å². The van der Waals surface area contributed by atoms with Crippen LogP contribution in [0.25, 0.3) is 0 Å². The molecule has 1 N–H and O–H groups in total. The molecule has 0 radical (unpaired) electrons. The highest BCUT2D eigenvalue weighted by molar-refractivity contribution is 9.10. The lowest BCUT2D eigenvalue weighted by molar-refractivity contribution is 0.506. The molecule has 0 unspecified atom stereocenters. The van der Waals surface area contributed by atoms with Crippen molar-refractivity contribution in [2.24, 2.45) is 0 Å². The van der Waals surface area contributed by atoms with Gasteiger partial charge in [0, 0.05) is 10.2 Å². The predicted molar refractivity (Wildman–Crippen MR) is 64.8 cm³/mol. The van der Waals surface area contributed by atoms with Crippen LogP contribution >= 0.6 is 15.9 Å². The normalized spacial score (nSPS) is 9.94. The Labute approximate surface area is 106 Å². The first-order chi connectivity index (χ1) is 8.19. The SMILES string of the molecule is N#Cc1ccc(CNc2ccc(F)cc2Br)o1. The highest BCUT2D eigenvalue weighted by Gasteiger charge is 2.04. The molecule has 0 atom stereocenters. The third-order valence-corrected chi connectivity index (χ3v) is 2.81. The van der Waals surface area contributed by atoms with E-state index < -0.39 is 0 Å². The maximum atomic E-state index is 12.8. The van der Waals surface area contributed by atoms with Crippen molar-refractivity contribution < 1.29 is 8.81 Å². The number of furan rings is 1. The van der Waals surface area contributed by atoms with Crippen LogP contribution in [-0.4, -0.2) is 0 Å². The molecule has 0 aliphatic heterocycles. The Balaban J connectivity index is 2.05. The number of nitrogens with zero attached hydrogens (tertiary/aromatic N) is 1. The molecule has 5 heteroatoms. The standard InChI is InChI=1S/C12H8BrFN2O/c13-11-5-8(14)1-4-12(11)16-7-10-3-2-9(6-15)17-10/h1-5,16H,7H2. The zero-order valence-electron chi connectivity index (χ0n) is 8.71. The second kappa shape index (κ2) is 5.02. The summed E-state index contributed by atoms with van der Waals surface area (Å²) in [4.78, 5) is 0. The predicted octanol–water partition coefficient (Wildman–Crippen LogP) is 3.66. The quantitative estimate of drug-likeness (QED) is 0.940. The summed E-state index contributed by atoms with van der Waals surface area (Å²) in [5.74, 6) is 0.630. The summed E-state index contributed by atoms with van der Waals surface area (Å²) in [5, 5.41) is 11.7. The molecule has 0 spiro atoms. The molecule has 1 aromatic heterocycles. The summed E-state index contributed by atoms with van der Waals surface area (Å²) in [6.45, 7) is 0.436. The summed E-state index contributed by atoms with van der Waals surface area (Å²) < 4.78 is 18.7. The molecular formula is C12H8BrFN2O. The smallest absolute Gasteiger partial charge is 0.203 e. The fourth-order valence-corrected chi connectivity index (χ4v) is 1.84. The second-order valence-corrected chi connectivity index (χ2v) is 4.21. The van der Waals surface area contributed by atoms with Crippen LogP contribution in [0, 0.1) is 17.1 Å². The van der Waals surface area contributed by atoms with Gasteiger partial charge in [0.15, 0.2) is 0 Å². The van der Waals surface area contributed by atoms with Gasteiger partial charge in [0.05, 0.1) is 6.54 Å². The van der Waals surface area contributed by atoms with E-state index in [1.54, 1.807) is 18.2 Å². The van der Waals surface area contributed by atoms with Crippen molar-refractivity contribution in [3.05, 3.63) is 52.1 Å². The highest BCUT2D eigenvalue weighted by atomic mass is 79.9. The van der Waals surface area contributed by atoms with Crippen LogP contribution in [0.5, 0.6) is 0 Å². The van der Waals surface area contributed by atoms with Crippen LogP contribution in [-0.2, 0) is 6.54 Å². The van der Waals surface area contributed by atoms with Gasteiger partial charge < -0.3 is 9.73 Å². The van der Waals surface area contributed by atoms with E-state index in [4.69, 9.17) is 9.68 Å². The van der Waals surface area contributed by atoms with Gasteiger partial charge in [-0.05, 0) is 46.3 Å². The van der Waals surface area contributed by atoms with Crippen molar-refractivity contribution in [3.63, 3.8) is 0 Å². The van der Waals surface area contributed by atoms with Crippen LogP contribution in [0.1, 0.15) is 11.5 Å². The molecular weight excluding hydrogens is 287 g/mol. The Morgan fingerprint density at radius 3 is 2.82 bits per heavy atom. The lowest BCUT2D eigenvalue weighted by atomic mass is 10.3. The van der Waals surface area contributed by atoms with E-state index in [2.05, 4.69) is 21.2 Å². The molecule has 0 bridgehead atoms. The minimum absolute atomic E-state index is 0.278. The zero-order chi connectivity index (χ0) is 12.3. The van der Waals surface area contributed by atoms with Gasteiger partial charge in [-0.25, -0.2) is 4.39 Å². The highest BCUT2D eigenvalue weighted by Crippen LogP contribution is 2.23. The number of benzene rings is 1. The van der Waals surface area contributed by atoms with Gasteiger partial charge in [-0.15, -0.1) is 0 Å². The average Bonchev–Trinajstić information content (AvgIpc) is 2.76. The number of nitrogens with one attached hydrogen (secondary N) is 1. The van der Waals surface area contributed by atoms with E-state index >= 15 is 0 Å². The van der Waals surface area contributed by atoms with Crippen LogP contribution in [0.4, 0.5) is 10.1 Å². The summed E-state index contributed by atoms with van der Waals surface area (Å²) in [6, 6.07) is 9.63. The van der Waals surface area contributed by atoms with Gasteiger partial charge >= 0.3 is 0 Å². The van der Waals surface area contributed by atoms with Crippen LogP contribution in [0.15, 0.2) is 39.2 Å². The van der Waals surface area contributed by atoms with Crippen molar-refractivity contribution in [1.29, 1.82) is 5.26 Å². The molecule has 0 saturated carbocycles. The summed E-state index contributed by atoms with van der Waals surface area (Å²) in [5.41, 5.74) is 0.765. The molecule has 0 aliphatic rings. The lowest BCUT2D eigenvalue weighted by Crippen LogP contribution is -1.98. The van der Waals surface area contributed by atoms with Crippen molar-refractivity contribution in [3.8, 4) is 6.07 Å². The molecule has 0 aliphatic carbocycles. The minimum atomic E-state index is -0.299. The summed E-state index contributed by atoms with van der Waals surface area (Å²) in [6.07, 6.45) is 0. The first-order valence-electron chi connectivity index (χ1n) is 4.87. The Kier molecular flexibility index (Phi) is 3.45. The molecule has 2 aromatic rings. The van der Waals surface area contributed by atoms with E-state index in [9.17, 15) is 4.39 Å². The first-order valence-corrected chi connectivity index (χ1v) is 5.66. The van der Waals surface area contributed by atoms with Crippen molar-refractivity contribution >= 4 is 21.6 Å². The van der Waals surface area contributed by atoms with Gasteiger partial charge in [-0.3, -0.25) is 0 Å². The first kappa shape index (κ1) is 11.7. The Hall–Kier alpha value is -1.80. The van der Waals surface area contributed by atoms with Crippen LogP contribution in [0.2, 0.25) is 0 Å². The topological polar surface area (TPSA) is 49.0 Å². The molecule has 0 fully saturated rings. The Bertz CT molecular complexity index is 574. The van der Waals surface area contributed by atoms with E-state index in [0.29, 0.717) is 16.8 Å². The number of hydrogen-bond donors (Lipinski definition) is 1. The Morgan fingerprint density at radius 2 is 2.18 bits per heavy atom. The molecule has 0 amide bonds. The van der Waals surface area contributed by atoms with Gasteiger partial charge in [0.1, 0.15) is 17.6 Å². The summed E-state index contributed by atoms with van der Waals surface area (Å²) >= 11 is 3.25. The van der Waals surface area contributed by atoms with Gasteiger partial charge in [-0.2, -0.15) is 5.26 Å². The zero-order valence-corrected chi connectivity index (χ0v) is 10.3. The fraction of sp³-hybridized carbons (Fsp3) is 0.0833. The fourth-order valence-electron chi connectivity index (χ4n) is 1.35. The van der Waals surface area contributed by atoms with Crippen LogP contribution in [0.3, 0.4) is 0 Å². The van der Waals surface area contributed by atoms with E-state index in [-0.39, 0.29) is 11.6 Å². The maximum absolute atomic E-state index is 12.8. The molecule has 1 aromatic carbocycles. The monoisotopic (exact) mass is 294 g/mol. The molecule has 3 nitrogen and oxygen atoms in total. The molecule has 1 heterocycles. The van der Waals surface area contributed by atoms with E-state index in [1.807, 2.05) is 6.07 Å². The minimum Gasteiger partial charge on any atom is -0.449 e. The maximum Gasteiger partial charge on any atom is 0.203 e. The molecule has 2 rings (SSSR count). The van der Waals surface area contributed by atoms with Crippen LogP contribution < -0.4 is 5.32 Å². The number of rotatable bonds is 3. The second-order valence-electron chi connectivity index (χ2n) is 3.36. The van der Waals surface area contributed by atoms with Crippen molar-refractivity contribution in [2.75, 3.05) is 5.32 Å². The largest absolute Gasteiger partial charge is 0.449 e. The van der Waals surface area contributed by atoms with Gasteiger partial charge in [0.25, 0.3) is 0 Å². The molecule has 86 valence electrons. The number of halogens is 2. The average molecular weight is 295 g/mol. The van der Waals surface area contributed by atoms with Gasteiger partial charge in [0.2, 0.25) is 5.76 Å². The van der Waals surface area contributed by atoms with Crippen molar-refractivity contribution in [2.45, 2.75) is 6.54 Å². The number of nitriles is 1. The summed E-state index contributed by atoms with van der Waals surface area (Å²) in [7, 11) is 0. The number of anilines is 1. The lowest BCUT2D eigenvalue weighted by Gasteiger charge is -2.06. The van der Waals surface area contributed by atoms with E-state index in [1.165, 1.54) is 12.1 Å². The van der Waals surface area contributed by atoms with E-state index in [0.717, 1.165) is 5.69 Å². The third kappa shape index (κ3) is 2.86.